The van der Waals surface area contributed by atoms with Crippen LogP contribution in [0.25, 0.3) is 11.0 Å². The Labute approximate surface area is 102 Å². The molecule has 6 heteroatoms. The van der Waals surface area contributed by atoms with Crippen molar-refractivity contribution in [3.05, 3.63) is 23.8 Å². The van der Waals surface area contributed by atoms with Crippen LogP contribution in [-0.2, 0) is 4.74 Å². The van der Waals surface area contributed by atoms with Gasteiger partial charge in [0.2, 0.25) is 5.95 Å². The molecule has 96 valence electrons. The summed E-state index contributed by atoms with van der Waals surface area (Å²) in [5, 5.41) is 0. The number of fused-ring (bicyclic) bond motifs is 1. The summed E-state index contributed by atoms with van der Waals surface area (Å²) < 4.78 is 33.7. The van der Waals surface area contributed by atoms with Gasteiger partial charge in [-0.3, -0.25) is 0 Å². The molecular weight excluding hydrogens is 240 g/mol. The fraction of sp³-hybridized carbons (Fsp3) is 0.417. The number of hydrogen-bond acceptors (Lipinski definition) is 3. The van der Waals surface area contributed by atoms with E-state index >= 15 is 0 Å². The van der Waals surface area contributed by atoms with Crippen molar-refractivity contribution in [3.63, 3.8) is 0 Å². The van der Waals surface area contributed by atoms with Crippen molar-refractivity contribution < 1.29 is 13.5 Å². The van der Waals surface area contributed by atoms with Crippen molar-refractivity contribution in [3.8, 4) is 0 Å². The maximum Gasteiger partial charge on any atom is 0.201 e. The minimum absolute atomic E-state index is 0.0983. The number of methoxy groups -OCH3 is 1. The van der Waals surface area contributed by atoms with E-state index in [1.54, 1.807) is 11.7 Å². The molecule has 2 aromatic rings. The molecule has 1 aromatic carbocycles. The van der Waals surface area contributed by atoms with Crippen LogP contribution >= 0.6 is 0 Å². The number of ether oxygens (including phenoxy) is 1. The number of hydrogen-bond donors (Lipinski definition) is 1. The van der Waals surface area contributed by atoms with Crippen molar-refractivity contribution in [1.82, 2.24) is 9.55 Å². The van der Waals surface area contributed by atoms with Crippen molar-refractivity contribution in [2.75, 3.05) is 12.8 Å². The summed E-state index contributed by atoms with van der Waals surface area (Å²) in [6.45, 7) is 0. The quantitative estimate of drug-likeness (QED) is 0.893. The minimum Gasteiger partial charge on any atom is -0.381 e. The predicted molar refractivity (Wildman–Crippen MR) is 63.1 cm³/mol. The Bertz CT molecular complexity index is 605. The van der Waals surface area contributed by atoms with Gasteiger partial charge in [-0.15, -0.1) is 0 Å². The molecule has 0 amide bonds. The van der Waals surface area contributed by atoms with Gasteiger partial charge < -0.3 is 15.0 Å². The van der Waals surface area contributed by atoms with Crippen LogP contribution in [0.4, 0.5) is 14.7 Å². The van der Waals surface area contributed by atoms with Crippen molar-refractivity contribution >= 4 is 17.0 Å². The van der Waals surface area contributed by atoms with E-state index in [0.717, 1.165) is 18.9 Å². The average molecular weight is 253 g/mol. The second-order valence-electron chi connectivity index (χ2n) is 4.58. The molecule has 1 heterocycles. The van der Waals surface area contributed by atoms with Crippen LogP contribution in [0.15, 0.2) is 12.1 Å². The third kappa shape index (κ3) is 1.56. The van der Waals surface area contributed by atoms with E-state index in [9.17, 15) is 8.78 Å². The molecule has 3 rings (SSSR count). The van der Waals surface area contributed by atoms with E-state index in [-0.39, 0.29) is 23.6 Å². The summed E-state index contributed by atoms with van der Waals surface area (Å²) in [7, 11) is 1.65. The van der Waals surface area contributed by atoms with Crippen LogP contribution in [0.2, 0.25) is 0 Å². The molecule has 1 aromatic heterocycles. The Morgan fingerprint density at radius 3 is 2.78 bits per heavy atom. The monoisotopic (exact) mass is 253 g/mol. The van der Waals surface area contributed by atoms with Gasteiger partial charge in [0.05, 0.1) is 11.6 Å². The van der Waals surface area contributed by atoms with Crippen LogP contribution in [0.5, 0.6) is 0 Å². The Balaban J connectivity index is 2.09. The molecule has 1 aliphatic rings. The highest BCUT2D eigenvalue weighted by atomic mass is 19.1. The number of benzene rings is 1. The Hall–Kier alpha value is -1.69. The summed E-state index contributed by atoms with van der Waals surface area (Å²) in [6.07, 6.45) is 1.75. The number of imidazole rings is 1. The van der Waals surface area contributed by atoms with Crippen molar-refractivity contribution in [2.24, 2.45) is 0 Å². The molecule has 0 aliphatic heterocycles. The lowest BCUT2D eigenvalue weighted by atomic mass is 9.89. The number of rotatable bonds is 2. The third-order valence-electron chi connectivity index (χ3n) is 3.51. The van der Waals surface area contributed by atoms with Gasteiger partial charge in [-0.1, -0.05) is 0 Å². The third-order valence-corrected chi connectivity index (χ3v) is 3.51. The number of nitrogens with zero attached hydrogens (tertiary/aromatic N) is 2. The zero-order chi connectivity index (χ0) is 12.9. The first-order valence-electron chi connectivity index (χ1n) is 5.75. The van der Waals surface area contributed by atoms with E-state index in [2.05, 4.69) is 4.98 Å². The topological polar surface area (TPSA) is 53.1 Å². The Kier molecular flexibility index (Phi) is 2.48. The smallest absolute Gasteiger partial charge is 0.201 e. The maximum absolute atomic E-state index is 13.6. The predicted octanol–water partition coefficient (Wildman–Crippen LogP) is 2.25. The molecule has 2 N–H and O–H groups in total. The van der Waals surface area contributed by atoms with E-state index < -0.39 is 11.6 Å². The van der Waals surface area contributed by atoms with E-state index in [1.807, 2.05) is 0 Å². The van der Waals surface area contributed by atoms with E-state index in [1.165, 1.54) is 6.07 Å². The van der Waals surface area contributed by atoms with Gasteiger partial charge in [0.25, 0.3) is 0 Å². The second kappa shape index (κ2) is 3.91. The standard InChI is InChI=1S/C12H13F2N3O/c1-18-8-4-7(5-8)17-10-3-6(13)2-9(14)11(10)16-12(17)15/h2-3,7-8H,4-5H2,1H3,(H2,15,16). The molecule has 1 fully saturated rings. The normalized spacial score (nSPS) is 23.3. The molecule has 4 nitrogen and oxygen atoms in total. The summed E-state index contributed by atoms with van der Waals surface area (Å²) in [5.74, 6) is -1.09. The lowest BCUT2D eigenvalue weighted by molar-refractivity contribution is 0.00797. The molecular formula is C12H13F2N3O. The molecule has 0 spiro atoms. The Morgan fingerprint density at radius 2 is 2.11 bits per heavy atom. The molecule has 1 aliphatic carbocycles. The molecule has 0 bridgehead atoms. The van der Waals surface area contributed by atoms with Crippen LogP contribution in [0.3, 0.4) is 0 Å². The maximum atomic E-state index is 13.6. The van der Waals surface area contributed by atoms with Gasteiger partial charge in [0, 0.05) is 25.3 Å². The first kappa shape index (κ1) is 11.4. The van der Waals surface area contributed by atoms with Crippen LogP contribution < -0.4 is 5.73 Å². The van der Waals surface area contributed by atoms with E-state index in [0.29, 0.717) is 5.52 Å². The van der Waals surface area contributed by atoms with Gasteiger partial charge in [0.1, 0.15) is 11.3 Å². The fourth-order valence-electron chi connectivity index (χ4n) is 2.46. The number of nitrogen functional groups attached to an aromatic ring is 1. The van der Waals surface area contributed by atoms with Crippen molar-refractivity contribution in [1.29, 1.82) is 0 Å². The lowest BCUT2D eigenvalue weighted by Crippen LogP contribution is -2.33. The Morgan fingerprint density at radius 1 is 1.39 bits per heavy atom. The van der Waals surface area contributed by atoms with Crippen LogP contribution in [-0.4, -0.2) is 22.8 Å². The highest BCUT2D eigenvalue weighted by Crippen LogP contribution is 2.38. The molecule has 0 saturated heterocycles. The first-order chi connectivity index (χ1) is 8.60. The zero-order valence-corrected chi connectivity index (χ0v) is 9.86. The molecule has 18 heavy (non-hydrogen) atoms. The SMILES string of the molecule is COC1CC(n2c(N)nc3c(F)cc(F)cc32)C1. The molecule has 0 radical (unpaired) electrons. The number of nitrogens with two attached hydrogens (primary N) is 1. The van der Waals surface area contributed by atoms with Crippen molar-refractivity contribution in [2.45, 2.75) is 25.0 Å². The summed E-state index contributed by atoms with van der Waals surface area (Å²) in [6, 6.07) is 2.18. The molecule has 0 atom stereocenters. The van der Waals surface area contributed by atoms with E-state index in [4.69, 9.17) is 10.5 Å². The second-order valence-corrected chi connectivity index (χ2v) is 4.58. The highest BCUT2D eigenvalue weighted by Gasteiger charge is 2.33. The summed E-state index contributed by atoms with van der Waals surface area (Å²) in [4.78, 5) is 3.97. The highest BCUT2D eigenvalue weighted by molar-refractivity contribution is 5.79. The van der Waals surface area contributed by atoms with Gasteiger partial charge in [-0.25, -0.2) is 13.8 Å². The molecule has 1 saturated carbocycles. The summed E-state index contributed by atoms with van der Waals surface area (Å²) >= 11 is 0. The average Bonchev–Trinajstić information content (AvgIpc) is 2.56. The van der Waals surface area contributed by atoms with Gasteiger partial charge in [-0.2, -0.15) is 0 Å². The molecule has 0 unspecified atom stereocenters. The lowest BCUT2D eigenvalue weighted by Gasteiger charge is -2.35. The zero-order valence-electron chi connectivity index (χ0n) is 9.86. The minimum atomic E-state index is -0.682. The van der Waals surface area contributed by atoms with Gasteiger partial charge in [-0.05, 0) is 12.8 Å². The van der Waals surface area contributed by atoms with Crippen LogP contribution in [0.1, 0.15) is 18.9 Å². The number of anilines is 1. The number of aromatic nitrogens is 2. The largest absolute Gasteiger partial charge is 0.381 e. The summed E-state index contributed by atoms with van der Waals surface area (Å²) in [5.41, 5.74) is 6.32. The van der Waals surface area contributed by atoms with Gasteiger partial charge in [0.15, 0.2) is 5.82 Å². The van der Waals surface area contributed by atoms with Gasteiger partial charge >= 0.3 is 0 Å². The first-order valence-corrected chi connectivity index (χ1v) is 5.75. The number of halogens is 2. The fourth-order valence-corrected chi connectivity index (χ4v) is 2.46. The van der Waals surface area contributed by atoms with Crippen LogP contribution in [0, 0.1) is 11.6 Å².